The second kappa shape index (κ2) is 11.6. The average molecular weight is 702 g/mol. The van der Waals surface area contributed by atoms with E-state index in [4.69, 9.17) is 8.83 Å². The largest absolute Gasteiger partial charge is 0.460 e. The number of rotatable bonds is 4. The van der Waals surface area contributed by atoms with E-state index in [1.54, 1.807) is 0 Å². The summed E-state index contributed by atoms with van der Waals surface area (Å²) in [5.41, 5.74) is 13.0. The van der Waals surface area contributed by atoms with E-state index < -0.39 is 0 Å². The molecule has 3 nitrogen and oxygen atoms in total. The van der Waals surface area contributed by atoms with Gasteiger partial charge in [-0.25, -0.2) is 0 Å². The molecule has 12 aromatic rings. The third kappa shape index (κ3) is 4.38. The lowest BCUT2D eigenvalue weighted by Crippen LogP contribution is -1.94. The fraction of sp³-hybridized carbons (Fsp3) is 0. The first-order valence-corrected chi connectivity index (χ1v) is 18.7. The van der Waals surface area contributed by atoms with Crippen LogP contribution in [0.1, 0.15) is 0 Å². The highest BCUT2D eigenvalue weighted by Gasteiger charge is 2.21. The van der Waals surface area contributed by atoms with E-state index in [0.29, 0.717) is 0 Å². The van der Waals surface area contributed by atoms with Crippen LogP contribution in [0.15, 0.2) is 197 Å². The topological polar surface area (TPSA) is 31.2 Å². The van der Waals surface area contributed by atoms with E-state index in [1.165, 1.54) is 60.0 Å². The Morgan fingerprint density at radius 2 is 0.891 bits per heavy atom. The maximum Gasteiger partial charge on any atom is 0.178 e. The van der Waals surface area contributed by atoms with Crippen LogP contribution >= 0.6 is 0 Å². The molecule has 3 aromatic heterocycles. The molecule has 9 aromatic carbocycles. The van der Waals surface area contributed by atoms with Gasteiger partial charge in [0.1, 0.15) is 5.58 Å². The number of hydrogen-bond acceptors (Lipinski definition) is 2. The SMILES string of the molecule is c1ccc(-c2coc3c2ccc2c4cc(-c5c6ccccc6c(-c6ccc7c8ccccc8n(-c8ccccc8)c7c6)c6ccccc56)ccc4oc23)cc1. The lowest BCUT2D eigenvalue weighted by atomic mass is 9.85. The summed E-state index contributed by atoms with van der Waals surface area (Å²) in [6.07, 6.45) is 1.84. The summed E-state index contributed by atoms with van der Waals surface area (Å²) >= 11 is 0. The Balaban J connectivity index is 1.09. The third-order valence-corrected chi connectivity index (χ3v) is 11.5. The molecule has 0 fully saturated rings. The van der Waals surface area contributed by atoms with Crippen LogP contribution in [-0.4, -0.2) is 4.57 Å². The fourth-order valence-corrected chi connectivity index (χ4v) is 9.05. The second-order valence-corrected chi connectivity index (χ2v) is 14.4. The highest BCUT2D eigenvalue weighted by molar-refractivity contribution is 6.23. The molecule has 256 valence electrons. The maximum absolute atomic E-state index is 6.56. The van der Waals surface area contributed by atoms with Gasteiger partial charge in [0.05, 0.1) is 17.3 Å². The Bertz CT molecular complexity index is 3420. The number of nitrogens with zero attached hydrogens (tertiary/aromatic N) is 1. The second-order valence-electron chi connectivity index (χ2n) is 14.4. The van der Waals surface area contributed by atoms with Gasteiger partial charge in [-0.3, -0.25) is 0 Å². The molecular weight excluding hydrogens is 671 g/mol. The molecule has 0 unspecified atom stereocenters. The van der Waals surface area contributed by atoms with Crippen LogP contribution in [-0.2, 0) is 0 Å². The molecule has 3 heteroatoms. The Kier molecular flexibility index (Phi) is 6.34. The van der Waals surface area contributed by atoms with Gasteiger partial charge in [0, 0.05) is 38.2 Å². The van der Waals surface area contributed by atoms with E-state index in [-0.39, 0.29) is 0 Å². The Morgan fingerprint density at radius 1 is 0.345 bits per heavy atom. The number of hydrogen-bond donors (Lipinski definition) is 0. The first-order valence-electron chi connectivity index (χ1n) is 18.7. The zero-order chi connectivity index (χ0) is 36.0. The maximum atomic E-state index is 6.56. The molecule has 12 rings (SSSR count). The standard InChI is InChI=1S/C52H31NO2/c1-3-13-32(14-4-1)45-31-54-51-43(45)27-26-42-44-29-33(24-28-48(44)55-52(42)51)49-38-18-7-9-20-40(38)50(41-21-10-8-19-39(41)49)34-23-25-37-36-17-11-12-22-46(36)53(47(37)30-34)35-15-5-2-6-16-35/h1-31H. The summed E-state index contributed by atoms with van der Waals surface area (Å²) in [6.45, 7) is 0. The van der Waals surface area contributed by atoms with Crippen molar-refractivity contribution in [1.82, 2.24) is 4.57 Å². The molecular formula is C52H31NO2. The van der Waals surface area contributed by atoms with E-state index in [9.17, 15) is 0 Å². The van der Waals surface area contributed by atoms with Crippen LogP contribution in [0.2, 0.25) is 0 Å². The molecule has 0 atom stereocenters. The predicted molar refractivity (Wildman–Crippen MR) is 229 cm³/mol. The Labute approximate surface area is 315 Å². The molecule has 0 radical (unpaired) electrons. The van der Waals surface area contributed by atoms with E-state index in [2.05, 4.69) is 180 Å². The molecule has 0 saturated carbocycles. The predicted octanol–water partition coefficient (Wildman–Crippen LogP) is 14.7. The van der Waals surface area contributed by atoms with Crippen molar-refractivity contribution in [3.63, 3.8) is 0 Å². The molecule has 0 N–H and O–H groups in total. The first-order chi connectivity index (χ1) is 27.3. The monoisotopic (exact) mass is 701 g/mol. The zero-order valence-corrected chi connectivity index (χ0v) is 29.7. The van der Waals surface area contributed by atoms with Gasteiger partial charge in [0.15, 0.2) is 11.2 Å². The molecule has 0 aliphatic heterocycles. The van der Waals surface area contributed by atoms with Crippen LogP contribution in [0.4, 0.5) is 0 Å². The molecule has 3 heterocycles. The smallest absolute Gasteiger partial charge is 0.178 e. The van der Waals surface area contributed by atoms with Crippen molar-refractivity contribution < 1.29 is 8.83 Å². The molecule has 0 aliphatic carbocycles. The summed E-state index contributed by atoms with van der Waals surface area (Å²) in [4.78, 5) is 0. The van der Waals surface area contributed by atoms with E-state index >= 15 is 0 Å². The van der Waals surface area contributed by atoms with Gasteiger partial charge < -0.3 is 13.4 Å². The highest BCUT2D eigenvalue weighted by Crippen LogP contribution is 2.47. The number of fused-ring (bicyclic) bond motifs is 10. The normalized spacial score (nSPS) is 12.0. The van der Waals surface area contributed by atoms with Crippen LogP contribution < -0.4 is 0 Å². The minimum absolute atomic E-state index is 0.776. The van der Waals surface area contributed by atoms with Crippen LogP contribution in [0.25, 0.3) is 115 Å². The van der Waals surface area contributed by atoms with Crippen LogP contribution in [0.3, 0.4) is 0 Å². The number of para-hydroxylation sites is 2. The minimum atomic E-state index is 0.776. The molecule has 0 aliphatic rings. The average Bonchev–Trinajstić information content (AvgIpc) is 3.95. The van der Waals surface area contributed by atoms with Crippen molar-refractivity contribution in [2.45, 2.75) is 0 Å². The van der Waals surface area contributed by atoms with Crippen molar-refractivity contribution in [1.29, 1.82) is 0 Å². The third-order valence-electron chi connectivity index (χ3n) is 11.5. The minimum Gasteiger partial charge on any atom is -0.460 e. The van der Waals surface area contributed by atoms with Crippen molar-refractivity contribution in [2.24, 2.45) is 0 Å². The van der Waals surface area contributed by atoms with Gasteiger partial charge >= 0.3 is 0 Å². The van der Waals surface area contributed by atoms with Gasteiger partial charge in [-0.1, -0.05) is 133 Å². The summed E-state index contributed by atoms with van der Waals surface area (Å²) < 4.78 is 15.2. The summed E-state index contributed by atoms with van der Waals surface area (Å²) in [5.74, 6) is 0. The van der Waals surface area contributed by atoms with Crippen molar-refractivity contribution in [2.75, 3.05) is 0 Å². The van der Waals surface area contributed by atoms with Crippen molar-refractivity contribution in [3.8, 4) is 39.1 Å². The molecule has 0 bridgehead atoms. The number of aromatic nitrogens is 1. The molecule has 55 heavy (non-hydrogen) atoms. The van der Waals surface area contributed by atoms with Crippen molar-refractivity contribution in [3.05, 3.63) is 188 Å². The van der Waals surface area contributed by atoms with Gasteiger partial charge in [0.25, 0.3) is 0 Å². The quantitative estimate of drug-likeness (QED) is 0.171. The Morgan fingerprint density at radius 3 is 1.60 bits per heavy atom. The van der Waals surface area contributed by atoms with Gasteiger partial charge in [-0.2, -0.15) is 0 Å². The van der Waals surface area contributed by atoms with Gasteiger partial charge in [-0.05, 0) is 97.9 Å². The van der Waals surface area contributed by atoms with Gasteiger partial charge in [0.2, 0.25) is 0 Å². The molecule has 0 spiro atoms. The fourth-order valence-electron chi connectivity index (χ4n) is 9.05. The van der Waals surface area contributed by atoms with Gasteiger partial charge in [-0.15, -0.1) is 0 Å². The summed E-state index contributed by atoms with van der Waals surface area (Å²) in [6, 6.07) is 65.5. The number of benzene rings is 9. The summed E-state index contributed by atoms with van der Waals surface area (Å²) in [5, 5.41) is 10.5. The zero-order valence-electron chi connectivity index (χ0n) is 29.7. The van der Waals surface area contributed by atoms with Crippen molar-refractivity contribution >= 4 is 76.3 Å². The van der Waals surface area contributed by atoms with Crippen LogP contribution in [0.5, 0.6) is 0 Å². The Hall–Kier alpha value is -7.36. The lowest BCUT2D eigenvalue weighted by molar-refractivity contribution is 0.600. The number of furan rings is 2. The molecule has 0 amide bonds. The summed E-state index contributed by atoms with van der Waals surface area (Å²) in [7, 11) is 0. The van der Waals surface area contributed by atoms with E-state index in [0.717, 1.165) is 55.3 Å². The van der Waals surface area contributed by atoms with Crippen LogP contribution in [0, 0.1) is 0 Å². The first kappa shape index (κ1) is 30.1. The van der Waals surface area contributed by atoms with E-state index in [1.807, 2.05) is 12.3 Å². The lowest BCUT2D eigenvalue weighted by Gasteiger charge is -2.18. The highest BCUT2D eigenvalue weighted by atomic mass is 16.4. The molecule has 0 saturated heterocycles.